The zero-order chi connectivity index (χ0) is 20.9. The zero-order valence-electron chi connectivity index (χ0n) is 17.5. The molecule has 0 amide bonds. The Labute approximate surface area is 176 Å². The maximum Gasteiger partial charge on any atom is 0.272 e. The van der Waals surface area contributed by atoms with E-state index in [4.69, 9.17) is 9.47 Å². The summed E-state index contributed by atoms with van der Waals surface area (Å²) in [5, 5.41) is 11.8. The van der Waals surface area contributed by atoms with Crippen LogP contribution in [0.15, 0.2) is 41.2 Å². The van der Waals surface area contributed by atoms with Gasteiger partial charge in [-0.3, -0.25) is 9.69 Å². The average molecular weight is 409 g/mol. The summed E-state index contributed by atoms with van der Waals surface area (Å²) in [6.45, 7) is 10.4. The highest BCUT2D eigenvalue weighted by Crippen LogP contribution is 2.44. The van der Waals surface area contributed by atoms with Crippen LogP contribution in [0, 0.1) is 0 Å². The van der Waals surface area contributed by atoms with Crippen molar-refractivity contribution >= 4 is 10.8 Å². The van der Waals surface area contributed by atoms with Crippen molar-refractivity contribution in [3.05, 3.63) is 52.3 Å². The van der Waals surface area contributed by atoms with Gasteiger partial charge in [-0.2, -0.15) is 5.10 Å². The van der Waals surface area contributed by atoms with Crippen molar-refractivity contribution in [1.82, 2.24) is 20.4 Å². The monoisotopic (exact) mass is 408 g/mol. The van der Waals surface area contributed by atoms with Gasteiger partial charge in [0.25, 0.3) is 5.56 Å². The molecule has 5 rings (SSSR count). The van der Waals surface area contributed by atoms with Gasteiger partial charge < -0.3 is 14.8 Å². The highest BCUT2D eigenvalue weighted by molar-refractivity contribution is 6.01. The molecule has 7 nitrogen and oxygen atoms in total. The first kappa shape index (κ1) is 20.5. The lowest BCUT2D eigenvalue weighted by atomic mass is 9.99. The maximum absolute atomic E-state index is 12.1. The molecule has 2 aliphatic heterocycles. The summed E-state index contributed by atoms with van der Waals surface area (Å²) in [6.07, 6.45) is 0. The van der Waals surface area contributed by atoms with E-state index in [0.29, 0.717) is 11.1 Å². The number of hydrogen-bond donors (Lipinski definition) is 2. The minimum Gasteiger partial charge on any atom is -0.456 e. The second-order valence-corrected chi connectivity index (χ2v) is 7.14. The van der Waals surface area contributed by atoms with Gasteiger partial charge in [-0.25, -0.2) is 5.10 Å². The molecule has 0 aliphatic carbocycles. The van der Waals surface area contributed by atoms with Crippen LogP contribution in [0.5, 0.6) is 11.5 Å². The van der Waals surface area contributed by atoms with Crippen LogP contribution >= 0.6 is 0 Å². The molecule has 0 atom stereocenters. The van der Waals surface area contributed by atoms with Gasteiger partial charge in [0.2, 0.25) is 0 Å². The number of rotatable bonds is 5. The lowest BCUT2D eigenvalue weighted by molar-refractivity contribution is 0.0384. The molecule has 2 N–H and O–H groups in total. The van der Waals surface area contributed by atoms with Gasteiger partial charge in [0.05, 0.1) is 24.0 Å². The van der Waals surface area contributed by atoms with Crippen molar-refractivity contribution in [3.63, 3.8) is 0 Å². The Morgan fingerprint density at radius 1 is 1.13 bits per heavy atom. The predicted octanol–water partition coefficient (Wildman–Crippen LogP) is 3.14. The Kier molecular flexibility index (Phi) is 6.42. The first-order chi connectivity index (χ1) is 14.8. The number of benzene rings is 2. The van der Waals surface area contributed by atoms with Gasteiger partial charge in [0, 0.05) is 38.3 Å². The number of aromatic nitrogens is 2. The van der Waals surface area contributed by atoms with Crippen LogP contribution < -0.4 is 15.6 Å². The first-order valence-corrected chi connectivity index (χ1v) is 10.6. The maximum atomic E-state index is 12.1. The Hall–Kier alpha value is -2.74. The van der Waals surface area contributed by atoms with E-state index in [0.717, 1.165) is 73.9 Å². The van der Waals surface area contributed by atoms with Gasteiger partial charge in [-0.15, -0.1) is 0 Å². The fourth-order valence-corrected chi connectivity index (χ4v) is 3.84. The standard InChI is InChI=1S/C21H22N4O3.C2H6/c26-21-15-2-1-3-18-19(15)20(23-24-21)16-12-14(4-5-17(16)28-18)13-22-6-7-25-8-10-27-11-9-25;1-2/h1-5,12,22H,6-11,13H2,(H,24,26);1-2H3. The topological polar surface area (TPSA) is 79.5 Å². The number of ether oxygens (including phenoxy) is 2. The smallest absolute Gasteiger partial charge is 0.272 e. The lowest BCUT2D eigenvalue weighted by Gasteiger charge is -2.26. The molecule has 0 radical (unpaired) electrons. The minimum atomic E-state index is -0.200. The summed E-state index contributed by atoms with van der Waals surface area (Å²) in [4.78, 5) is 14.5. The van der Waals surface area contributed by atoms with Crippen LogP contribution in [0.1, 0.15) is 19.4 Å². The number of hydrogen-bond acceptors (Lipinski definition) is 6. The van der Waals surface area contributed by atoms with Crippen molar-refractivity contribution in [3.8, 4) is 22.8 Å². The van der Waals surface area contributed by atoms with Gasteiger partial charge in [-0.05, 0) is 29.8 Å². The quantitative estimate of drug-likeness (QED) is 0.494. The fraction of sp³-hybridized carbons (Fsp3) is 0.391. The first-order valence-electron chi connectivity index (χ1n) is 10.6. The Morgan fingerprint density at radius 3 is 2.80 bits per heavy atom. The Balaban J connectivity index is 0.00000106. The third-order valence-corrected chi connectivity index (χ3v) is 5.33. The molecule has 1 saturated heterocycles. The largest absolute Gasteiger partial charge is 0.456 e. The molecular weight excluding hydrogens is 380 g/mol. The van der Waals surface area contributed by atoms with Crippen LogP contribution in [0.4, 0.5) is 0 Å². The summed E-state index contributed by atoms with van der Waals surface area (Å²) in [5.74, 6) is 1.44. The summed E-state index contributed by atoms with van der Waals surface area (Å²) in [5.41, 5.74) is 2.63. The van der Waals surface area contributed by atoms with E-state index >= 15 is 0 Å². The Morgan fingerprint density at radius 2 is 1.97 bits per heavy atom. The second-order valence-electron chi connectivity index (χ2n) is 7.14. The van der Waals surface area contributed by atoms with Crippen LogP contribution in [-0.4, -0.2) is 54.5 Å². The SMILES string of the molecule is CC.O=c1[nH]nc2c3c(cccc13)Oc1ccc(CNCCN3CCOCC3)cc1-2. The predicted molar refractivity (Wildman–Crippen MR) is 118 cm³/mol. The van der Waals surface area contributed by atoms with Gasteiger partial charge in [0.15, 0.2) is 0 Å². The van der Waals surface area contributed by atoms with Crippen molar-refractivity contribution in [2.45, 2.75) is 20.4 Å². The molecule has 0 bridgehead atoms. The van der Waals surface area contributed by atoms with E-state index in [1.807, 2.05) is 32.0 Å². The summed E-state index contributed by atoms with van der Waals surface area (Å²) in [7, 11) is 0. The van der Waals surface area contributed by atoms with Crippen LogP contribution in [0.3, 0.4) is 0 Å². The molecule has 0 spiro atoms. The van der Waals surface area contributed by atoms with Crippen LogP contribution in [-0.2, 0) is 11.3 Å². The number of fused-ring (bicyclic) bond motifs is 2. The summed E-state index contributed by atoms with van der Waals surface area (Å²) < 4.78 is 11.4. The molecule has 0 unspecified atom stereocenters. The highest BCUT2D eigenvalue weighted by Gasteiger charge is 2.22. The number of nitrogens with one attached hydrogen (secondary N) is 2. The molecule has 0 saturated carbocycles. The number of aromatic amines is 1. The van der Waals surface area contributed by atoms with Crippen molar-refractivity contribution in [2.24, 2.45) is 0 Å². The van der Waals surface area contributed by atoms with Crippen molar-refractivity contribution < 1.29 is 9.47 Å². The molecular formula is C23H28N4O3. The van der Waals surface area contributed by atoms with E-state index < -0.39 is 0 Å². The fourth-order valence-electron chi connectivity index (χ4n) is 3.84. The van der Waals surface area contributed by atoms with Gasteiger partial charge in [-0.1, -0.05) is 26.0 Å². The minimum absolute atomic E-state index is 0.200. The normalized spacial score (nSPS) is 15.1. The Bertz CT molecular complexity index is 1070. The molecule has 2 aliphatic rings. The van der Waals surface area contributed by atoms with Crippen molar-refractivity contribution in [2.75, 3.05) is 39.4 Å². The zero-order valence-corrected chi connectivity index (χ0v) is 17.5. The molecule has 3 aromatic rings. The molecule has 7 heteroatoms. The van der Waals surface area contributed by atoms with E-state index in [-0.39, 0.29) is 5.56 Å². The highest BCUT2D eigenvalue weighted by atomic mass is 16.5. The molecule has 2 aromatic carbocycles. The van der Waals surface area contributed by atoms with Gasteiger partial charge >= 0.3 is 0 Å². The van der Waals surface area contributed by atoms with E-state index in [1.165, 1.54) is 0 Å². The van der Waals surface area contributed by atoms with Crippen molar-refractivity contribution in [1.29, 1.82) is 0 Å². The number of H-pyrrole nitrogens is 1. The third-order valence-electron chi connectivity index (χ3n) is 5.33. The summed E-state index contributed by atoms with van der Waals surface area (Å²) in [6, 6.07) is 11.6. The lowest BCUT2D eigenvalue weighted by Crippen LogP contribution is -2.40. The molecule has 3 heterocycles. The van der Waals surface area contributed by atoms with Gasteiger partial charge in [0.1, 0.15) is 17.2 Å². The van der Waals surface area contributed by atoms with E-state index in [1.54, 1.807) is 6.07 Å². The molecule has 1 aromatic heterocycles. The van der Waals surface area contributed by atoms with E-state index in [9.17, 15) is 4.79 Å². The number of morpholine rings is 1. The molecule has 1 fully saturated rings. The second kappa shape index (κ2) is 9.38. The van der Waals surface area contributed by atoms with Crippen LogP contribution in [0.2, 0.25) is 0 Å². The van der Waals surface area contributed by atoms with Crippen LogP contribution in [0.25, 0.3) is 22.0 Å². The molecule has 30 heavy (non-hydrogen) atoms. The third kappa shape index (κ3) is 4.09. The summed E-state index contributed by atoms with van der Waals surface area (Å²) >= 11 is 0. The average Bonchev–Trinajstić information content (AvgIpc) is 2.81. The number of nitrogens with zero attached hydrogens (tertiary/aromatic N) is 2. The molecule has 158 valence electrons. The van der Waals surface area contributed by atoms with E-state index in [2.05, 4.69) is 32.5 Å².